The summed E-state index contributed by atoms with van der Waals surface area (Å²) < 4.78 is 18.1. The smallest absolute Gasteiger partial charge is 0.165 e. The summed E-state index contributed by atoms with van der Waals surface area (Å²) in [5.74, 6) is 0.0809. The summed E-state index contributed by atoms with van der Waals surface area (Å²) in [5, 5.41) is 9.67. The van der Waals surface area contributed by atoms with E-state index in [-0.39, 0.29) is 11.9 Å². The molecular formula is C17H15FIN7. The summed E-state index contributed by atoms with van der Waals surface area (Å²) in [4.78, 5) is 8.40. The number of benzene rings is 1. The van der Waals surface area contributed by atoms with E-state index in [4.69, 9.17) is 5.73 Å². The molecule has 1 unspecified atom stereocenters. The van der Waals surface area contributed by atoms with Gasteiger partial charge in [-0.1, -0.05) is 19.1 Å². The van der Waals surface area contributed by atoms with Crippen LogP contribution < -0.4 is 5.73 Å². The van der Waals surface area contributed by atoms with Crippen LogP contribution in [0, 0.1) is 9.52 Å². The van der Waals surface area contributed by atoms with Crippen LogP contribution in [0.1, 0.15) is 24.9 Å². The fourth-order valence-corrected chi connectivity index (χ4v) is 3.75. The van der Waals surface area contributed by atoms with Gasteiger partial charge in [0, 0.05) is 11.8 Å². The van der Waals surface area contributed by atoms with Crippen LogP contribution in [0.4, 0.5) is 10.2 Å². The molecule has 1 aromatic carbocycles. The second kappa shape index (κ2) is 6.63. The molecule has 4 rings (SSSR count). The molecule has 0 amide bonds. The van der Waals surface area contributed by atoms with E-state index in [9.17, 15) is 4.39 Å². The summed E-state index contributed by atoms with van der Waals surface area (Å²) in [6, 6.07) is 6.43. The molecule has 4 aromatic rings. The molecule has 0 fully saturated rings. The lowest BCUT2D eigenvalue weighted by Gasteiger charge is -2.14. The Kier molecular flexibility index (Phi) is 4.31. The maximum atomic E-state index is 14.0. The highest BCUT2D eigenvalue weighted by molar-refractivity contribution is 14.1. The molecule has 26 heavy (non-hydrogen) atoms. The van der Waals surface area contributed by atoms with Gasteiger partial charge >= 0.3 is 0 Å². The average molecular weight is 463 g/mol. The molecule has 0 radical (unpaired) electrons. The first kappa shape index (κ1) is 16.9. The van der Waals surface area contributed by atoms with E-state index >= 15 is 0 Å². The summed E-state index contributed by atoms with van der Waals surface area (Å²) in [6.07, 6.45) is 5.74. The van der Waals surface area contributed by atoms with Gasteiger partial charge in [-0.15, -0.1) is 0 Å². The Hall–Kier alpha value is -2.56. The normalized spacial score (nSPS) is 12.6. The lowest BCUT2D eigenvalue weighted by atomic mass is 10.1. The Balaban J connectivity index is 1.80. The molecule has 2 N–H and O–H groups in total. The van der Waals surface area contributed by atoms with Gasteiger partial charge in [-0.25, -0.2) is 23.7 Å². The zero-order chi connectivity index (χ0) is 18.3. The van der Waals surface area contributed by atoms with E-state index in [1.807, 2.05) is 10.9 Å². The zero-order valence-electron chi connectivity index (χ0n) is 13.8. The highest BCUT2D eigenvalue weighted by atomic mass is 127. The van der Waals surface area contributed by atoms with Gasteiger partial charge in [0.15, 0.2) is 5.65 Å². The van der Waals surface area contributed by atoms with Gasteiger partial charge in [-0.2, -0.15) is 10.2 Å². The van der Waals surface area contributed by atoms with Crippen LogP contribution in [0.15, 0.2) is 43.0 Å². The van der Waals surface area contributed by atoms with Crippen LogP contribution in [0.25, 0.3) is 16.7 Å². The van der Waals surface area contributed by atoms with Crippen molar-refractivity contribution in [1.29, 1.82) is 0 Å². The van der Waals surface area contributed by atoms with E-state index in [0.29, 0.717) is 17.2 Å². The Labute approximate surface area is 162 Å². The van der Waals surface area contributed by atoms with Crippen LogP contribution in [0.5, 0.6) is 0 Å². The van der Waals surface area contributed by atoms with Gasteiger partial charge in [0.1, 0.15) is 27.4 Å². The van der Waals surface area contributed by atoms with Crippen molar-refractivity contribution < 1.29 is 4.39 Å². The summed E-state index contributed by atoms with van der Waals surface area (Å²) >= 11 is 2.13. The first-order valence-electron chi connectivity index (χ1n) is 8.03. The maximum Gasteiger partial charge on any atom is 0.165 e. The number of hydrogen-bond acceptors (Lipinski definition) is 5. The van der Waals surface area contributed by atoms with Crippen molar-refractivity contribution in [3.63, 3.8) is 0 Å². The molecular weight excluding hydrogens is 448 g/mol. The minimum atomic E-state index is -0.324. The van der Waals surface area contributed by atoms with E-state index in [1.165, 1.54) is 17.1 Å². The number of para-hydroxylation sites is 1. The lowest BCUT2D eigenvalue weighted by Crippen LogP contribution is -2.12. The molecule has 132 valence electrons. The van der Waals surface area contributed by atoms with Gasteiger partial charge in [-0.3, -0.25) is 0 Å². The molecule has 1 atom stereocenters. The van der Waals surface area contributed by atoms with Gasteiger partial charge < -0.3 is 5.73 Å². The number of anilines is 1. The minimum Gasteiger partial charge on any atom is -0.383 e. The Bertz CT molecular complexity index is 1090. The molecule has 0 aliphatic rings. The largest absolute Gasteiger partial charge is 0.383 e. The topological polar surface area (TPSA) is 87.4 Å². The molecule has 0 spiro atoms. The van der Waals surface area contributed by atoms with Gasteiger partial charge in [0.05, 0.1) is 17.6 Å². The van der Waals surface area contributed by atoms with Crippen molar-refractivity contribution in [1.82, 2.24) is 29.5 Å². The Morgan fingerprint density at radius 1 is 1.27 bits per heavy atom. The fourth-order valence-electron chi connectivity index (χ4n) is 3.00. The molecule has 7 nitrogen and oxygen atoms in total. The molecule has 0 bridgehead atoms. The monoisotopic (exact) mass is 463 g/mol. The van der Waals surface area contributed by atoms with Crippen molar-refractivity contribution in [2.24, 2.45) is 0 Å². The van der Waals surface area contributed by atoms with Crippen LogP contribution in [-0.2, 0) is 0 Å². The molecule has 9 heteroatoms. The lowest BCUT2D eigenvalue weighted by molar-refractivity contribution is 0.518. The predicted octanol–water partition coefficient (Wildman–Crippen LogP) is 3.34. The third-order valence-corrected chi connectivity index (χ3v) is 5.00. The number of rotatable bonds is 4. The van der Waals surface area contributed by atoms with E-state index in [0.717, 1.165) is 21.1 Å². The van der Waals surface area contributed by atoms with Crippen LogP contribution >= 0.6 is 22.6 Å². The number of halogens is 2. The van der Waals surface area contributed by atoms with Crippen LogP contribution in [-0.4, -0.2) is 29.5 Å². The van der Waals surface area contributed by atoms with Crippen LogP contribution in [0.3, 0.4) is 0 Å². The van der Waals surface area contributed by atoms with Crippen molar-refractivity contribution in [2.75, 3.05) is 5.73 Å². The third-order valence-electron chi connectivity index (χ3n) is 4.24. The molecule has 3 aromatic heterocycles. The average Bonchev–Trinajstić information content (AvgIpc) is 3.23. The molecule has 0 aliphatic carbocycles. The van der Waals surface area contributed by atoms with Crippen LogP contribution in [0.2, 0.25) is 0 Å². The van der Waals surface area contributed by atoms with E-state index in [2.05, 4.69) is 49.7 Å². The first-order chi connectivity index (χ1) is 12.6. The zero-order valence-corrected chi connectivity index (χ0v) is 16.0. The number of hydrogen-bond donors (Lipinski definition) is 1. The first-order valence-corrected chi connectivity index (χ1v) is 9.11. The quantitative estimate of drug-likeness (QED) is 0.470. The highest BCUT2D eigenvalue weighted by Gasteiger charge is 2.22. The number of aromatic nitrogens is 6. The molecule has 0 aliphatic heterocycles. The molecule has 0 saturated heterocycles. The second-order valence-electron chi connectivity index (χ2n) is 5.79. The molecule has 3 heterocycles. The van der Waals surface area contributed by atoms with Gasteiger partial charge in [0.2, 0.25) is 0 Å². The van der Waals surface area contributed by atoms with Crippen molar-refractivity contribution in [3.8, 4) is 5.69 Å². The van der Waals surface area contributed by atoms with Crippen molar-refractivity contribution in [3.05, 3.63) is 58.1 Å². The van der Waals surface area contributed by atoms with E-state index in [1.54, 1.807) is 24.4 Å². The summed E-state index contributed by atoms with van der Waals surface area (Å²) in [7, 11) is 0. The van der Waals surface area contributed by atoms with Crippen molar-refractivity contribution >= 4 is 39.4 Å². The number of nitrogens with zero attached hydrogens (tertiary/aromatic N) is 6. The van der Waals surface area contributed by atoms with Gasteiger partial charge in [-0.05, 0) is 41.1 Å². The second-order valence-corrected chi connectivity index (χ2v) is 6.81. The maximum absolute atomic E-state index is 14.0. The van der Waals surface area contributed by atoms with E-state index < -0.39 is 0 Å². The highest BCUT2D eigenvalue weighted by Crippen LogP contribution is 2.29. The minimum absolute atomic E-state index is 0.101. The standard InChI is InChI=1S/C17H15FIN7/c1-2-12(26-17-14(15(19)24-26)16(20)21-9-22-17)10-7-23-25(8-10)13-6-4-3-5-11(13)18/h3-9,12H,2H2,1H3,(H2,20,21,22). The van der Waals surface area contributed by atoms with Gasteiger partial charge in [0.25, 0.3) is 0 Å². The number of nitrogens with two attached hydrogens (primary N) is 1. The number of fused-ring (bicyclic) bond motifs is 1. The predicted molar refractivity (Wildman–Crippen MR) is 104 cm³/mol. The number of nitrogen functional groups attached to an aromatic ring is 1. The Morgan fingerprint density at radius 2 is 2.08 bits per heavy atom. The molecule has 0 saturated carbocycles. The third kappa shape index (κ3) is 2.71. The summed E-state index contributed by atoms with van der Waals surface area (Å²) in [5.41, 5.74) is 7.97. The Morgan fingerprint density at radius 3 is 2.85 bits per heavy atom. The summed E-state index contributed by atoms with van der Waals surface area (Å²) in [6.45, 7) is 2.05. The SMILES string of the molecule is CCC(c1cnn(-c2ccccc2F)c1)n1nc(I)c2c(N)ncnc21. The van der Waals surface area contributed by atoms with Crippen molar-refractivity contribution in [2.45, 2.75) is 19.4 Å². The fraction of sp³-hybridized carbons (Fsp3) is 0.176.